The predicted octanol–water partition coefficient (Wildman–Crippen LogP) is 4.15. The van der Waals surface area contributed by atoms with Crippen molar-refractivity contribution >= 4 is 23.9 Å². The van der Waals surface area contributed by atoms with Gasteiger partial charge in [-0.25, -0.2) is 9.59 Å². The van der Waals surface area contributed by atoms with E-state index in [4.69, 9.17) is 37.9 Å². The van der Waals surface area contributed by atoms with Gasteiger partial charge >= 0.3 is 23.9 Å². The Hall–Kier alpha value is -3.52. The number of fused-ring (bicyclic) bond motifs is 6. The van der Waals surface area contributed by atoms with E-state index in [1.54, 1.807) is 45.9 Å². The SMILES string of the molecule is CCC/C=C/C=C/C(=O)OC1C(CC(=O)OC)C[C@H]2C[C@H]([C@@H](C)O)OC(=O)C[C@H](O)C[C@@H]3C[C@H](OC(C)O)C(C)(C)[C@](O)(C[C@@H]4C/C(=C/C(=O)OC)C[C@H](/C=C/C(C)(C)C1(O)O2)O4)O3. The third kappa shape index (κ3) is 13.8. The zero-order valence-electron chi connectivity index (χ0n) is 38.8. The molecule has 4 rings (SSSR count). The molecule has 5 N–H and O–H groups in total. The van der Waals surface area contributed by atoms with Gasteiger partial charge in [-0.2, -0.15) is 0 Å². The van der Waals surface area contributed by atoms with Crippen molar-refractivity contribution in [2.75, 3.05) is 14.2 Å². The Morgan fingerprint density at radius 3 is 2.25 bits per heavy atom. The van der Waals surface area contributed by atoms with Crippen LogP contribution < -0.4 is 0 Å². The van der Waals surface area contributed by atoms with Gasteiger partial charge in [0.2, 0.25) is 5.79 Å². The largest absolute Gasteiger partial charge is 0.469 e. The Labute approximate surface area is 376 Å². The molecule has 3 fully saturated rings. The summed E-state index contributed by atoms with van der Waals surface area (Å²) in [5.74, 6) is -8.24. The van der Waals surface area contributed by atoms with E-state index in [9.17, 15) is 44.7 Å². The minimum atomic E-state index is -2.39. The summed E-state index contributed by atoms with van der Waals surface area (Å²) < 4.78 is 47.2. The van der Waals surface area contributed by atoms with E-state index in [0.29, 0.717) is 5.57 Å². The molecule has 4 unspecified atom stereocenters. The maximum Gasteiger partial charge on any atom is 0.331 e. The lowest BCUT2D eigenvalue weighted by atomic mass is 9.70. The molecule has 0 spiro atoms. The molecule has 362 valence electrons. The van der Waals surface area contributed by atoms with Gasteiger partial charge in [-0.3, -0.25) is 9.59 Å². The molecule has 17 heteroatoms. The lowest BCUT2D eigenvalue weighted by molar-refractivity contribution is -0.361. The van der Waals surface area contributed by atoms with Crippen LogP contribution in [-0.4, -0.2) is 136 Å². The first-order valence-corrected chi connectivity index (χ1v) is 22.4. The minimum absolute atomic E-state index is 0.00172. The Morgan fingerprint density at radius 2 is 1.61 bits per heavy atom. The summed E-state index contributed by atoms with van der Waals surface area (Å²) in [6.45, 7) is 11.6. The van der Waals surface area contributed by atoms with E-state index in [1.807, 2.05) is 13.0 Å². The first-order valence-electron chi connectivity index (χ1n) is 22.4. The van der Waals surface area contributed by atoms with Crippen LogP contribution in [0.4, 0.5) is 0 Å². The van der Waals surface area contributed by atoms with Crippen LogP contribution in [0.5, 0.6) is 0 Å². The van der Waals surface area contributed by atoms with Crippen molar-refractivity contribution in [3.8, 4) is 0 Å². The van der Waals surface area contributed by atoms with Crippen LogP contribution in [0, 0.1) is 16.7 Å². The summed E-state index contributed by atoms with van der Waals surface area (Å²) in [6.07, 6.45) is 1.07. The number of allylic oxidation sites excluding steroid dienone is 3. The second-order valence-corrected chi connectivity index (χ2v) is 18.8. The van der Waals surface area contributed by atoms with E-state index in [2.05, 4.69) is 0 Å². The van der Waals surface area contributed by atoms with E-state index in [-0.39, 0.29) is 51.4 Å². The van der Waals surface area contributed by atoms with Crippen molar-refractivity contribution in [3.63, 3.8) is 0 Å². The fraction of sp³-hybridized carbons (Fsp3) is 0.745. The molecule has 3 saturated heterocycles. The van der Waals surface area contributed by atoms with Gasteiger partial charge in [-0.05, 0) is 39.5 Å². The van der Waals surface area contributed by atoms with Gasteiger partial charge in [-0.15, -0.1) is 0 Å². The third-order valence-electron chi connectivity index (χ3n) is 12.8. The van der Waals surface area contributed by atoms with Crippen molar-refractivity contribution in [2.24, 2.45) is 16.7 Å². The van der Waals surface area contributed by atoms with Crippen molar-refractivity contribution in [1.29, 1.82) is 0 Å². The number of aliphatic hydroxyl groups is 5. The predicted molar refractivity (Wildman–Crippen MR) is 229 cm³/mol. The number of carbonyl (C=O) groups excluding carboxylic acids is 4. The number of hydrogen-bond acceptors (Lipinski definition) is 17. The Balaban J connectivity index is 1.87. The van der Waals surface area contributed by atoms with Crippen LogP contribution in [0.2, 0.25) is 0 Å². The summed E-state index contributed by atoms with van der Waals surface area (Å²) >= 11 is 0. The van der Waals surface area contributed by atoms with Crippen molar-refractivity contribution in [2.45, 2.75) is 192 Å². The first-order chi connectivity index (χ1) is 29.9. The van der Waals surface area contributed by atoms with Crippen LogP contribution in [0.1, 0.15) is 119 Å². The van der Waals surface area contributed by atoms with Crippen molar-refractivity contribution < 1.29 is 82.6 Å². The fourth-order valence-corrected chi connectivity index (χ4v) is 9.03. The van der Waals surface area contributed by atoms with E-state index < -0.39 is 120 Å². The monoisotopic (exact) mass is 908 g/mol. The normalized spacial score (nSPS) is 36.9. The highest BCUT2D eigenvalue weighted by molar-refractivity contribution is 5.83. The Bertz CT molecular complexity index is 1720. The molecule has 6 bridgehead atoms. The van der Waals surface area contributed by atoms with Gasteiger partial charge in [0.1, 0.15) is 6.10 Å². The molecule has 64 heavy (non-hydrogen) atoms. The van der Waals surface area contributed by atoms with Gasteiger partial charge in [0.15, 0.2) is 18.2 Å². The number of unbranched alkanes of at least 4 members (excludes halogenated alkanes) is 1. The molecule has 0 saturated carbocycles. The molecule has 0 aromatic rings. The molecule has 4 heterocycles. The average molecular weight is 909 g/mol. The number of methoxy groups -OCH3 is 2. The lowest BCUT2D eigenvalue weighted by Gasteiger charge is -2.54. The molecule has 4 aliphatic rings. The van der Waals surface area contributed by atoms with E-state index >= 15 is 0 Å². The van der Waals surface area contributed by atoms with Crippen LogP contribution in [0.3, 0.4) is 0 Å². The standard InChI is InChI=1S/C47H72O17/c1-10-11-12-13-14-15-39(51)62-43-31(22-41(53)58-9)21-34-25-37(28(2)48)61-42(54)24-32(50)23-35-26-38(59-29(3)49)45(6,7)46(55,63-35)27-36-19-30(20-40(52)57-8)18-33(60-36)16-17-44(4,5)47(43,56)64-34/h12-17,20,28-29,31-38,43,48-50,55-56H,10-11,18-19,21-27H2,1-9H3/b13-12+,15-14+,17-16+,30-20+/t28-,29?,31?,32-,33+,34+,35-,36+,37-,38+,43?,46+,47?/m1/s1. The molecule has 0 aromatic carbocycles. The minimum Gasteiger partial charge on any atom is -0.469 e. The average Bonchev–Trinajstić information content (AvgIpc) is 3.19. The maximum absolute atomic E-state index is 13.5. The van der Waals surface area contributed by atoms with Crippen molar-refractivity contribution in [1.82, 2.24) is 0 Å². The molecule has 0 radical (unpaired) electrons. The fourth-order valence-electron chi connectivity index (χ4n) is 9.03. The van der Waals surface area contributed by atoms with E-state index in [1.165, 1.54) is 46.3 Å². The molecular weight excluding hydrogens is 836 g/mol. The molecule has 17 nitrogen and oxygen atoms in total. The van der Waals surface area contributed by atoms with Gasteiger partial charge in [0.05, 0.1) is 69.8 Å². The summed E-state index contributed by atoms with van der Waals surface area (Å²) in [6, 6.07) is 0. The second-order valence-electron chi connectivity index (χ2n) is 18.8. The van der Waals surface area contributed by atoms with Crippen molar-refractivity contribution in [3.05, 3.63) is 48.1 Å². The molecule has 0 amide bonds. The summed E-state index contributed by atoms with van der Waals surface area (Å²) in [7, 11) is 2.46. The highest BCUT2D eigenvalue weighted by Gasteiger charge is 2.60. The Kier molecular flexibility index (Phi) is 18.9. The van der Waals surface area contributed by atoms with Crippen LogP contribution in [-0.2, 0) is 57.1 Å². The van der Waals surface area contributed by atoms with Gasteiger partial charge in [-0.1, -0.05) is 77.0 Å². The molecular formula is C47H72O17. The van der Waals surface area contributed by atoms with Crippen LogP contribution in [0.15, 0.2) is 48.1 Å². The highest BCUT2D eigenvalue weighted by Crippen LogP contribution is 2.50. The number of esters is 4. The Morgan fingerprint density at radius 1 is 0.906 bits per heavy atom. The number of cyclic esters (lactones) is 1. The van der Waals surface area contributed by atoms with Gasteiger partial charge in [0.25, 0.3) is 0 Å². The first kappa shape index (κ1) is 53.1. The second kappa shape index (κ2) is 22.8. The lowest BCUT2D eigenvalue weighted by Crippen LogP contribution is -2.64. The molecule has 4 aliphatic heterocycles. The zero-order valence-corrected chi connectivity index (χ0v) is 38.8. The number of aliphatic hydroxyl groups excluding tert-OH is 3. The van der Waals surface area contributed by atoms with Crippen LogP contribution in [0.25, 0.3) is 0 Å². The summed E-state index contributed by atoms with van der Waals surface area (Å²) in [5, 5.41) is 58.0. The number of hydrogen-bond donors (Lipinski definition) is 5. The van der Waals surface area contributed by atoms with Gasteiger partial charge in [0, 0.05) is 54.6 Å². The van der Waals surface area contributed by atoms with E-state index in [0.717, 1.165) is 12.8 Å². The third-order valence-corrected chi connectivity index (χ3v) is 12.8. The highest BCUT2D eigenvalue weighted by atomic mass is 16.7. The van der Waals surface area contributed by atoms with Crippen LogP contribution >= 0.6 is 0 Å². The smallest absolute Gasteiger partial charge is 0.331 e. The number of rotatable bonds is 11. The summed E-state index contributed by atoms with van der Waals surface area (Å²) in [5.41, 5.74) is -2.02. The quantitative estimate of drug-likeness (QED) is 0.0488. The number of carbonyl (C=O) groups is 4. The topological polar surface area (TPSA) is 243 Å². The number of ether oxygens (including phenoxy) is 8. The molecule has 0 aromatic heterocycles. The summed E-state index contributed by atoms with van der Waals surface area (Å²) in [4.78, 5) is 52.5. The zero-order chi connectivity index (χ0) is 47.6. The molecule has 0 aliphatic carbocycles. The molecule has 13 atom stereocenters. The maximum atomic E-state index is 13.5. The van der Waals surface area contributed by atoms with Gasteiger partial charge < -0.3 is 63.4 Å².